The van der Waals surface area contributed by atoms with Crippen molar-refractivity contribution in [3.63, 3.8) is 0 Å². The summed E-state index contributed by atoms with van der Waals surface area (Å²) in [5.41, 5.74) is 3.93. The molecule has 0 spiro atoms. The number of aliphatic carboxylic acids is 1. The van der Waals surface area contributed by atoms with E-state index in [9.17, 15) is 9.18 Å². The van der Waals surface area contributed by atoms with Crippen molar-refractivity contribution in [2.45, 2.75) is 32.3 Å². The summed E-state index contributed by atoms with van der Waals surface area (Å²) in [6.07, 6.45) is 3.54. The number of pyridine rings is 1. The van der Waals surface area contributed by atoms with Crippen LogP contribution in [0.4, 0.5) is 4.39 Å². The van der Waals surface area contributed by atoms with Crippen LogP contribution in [-0.2, 0) is 17.6 Å². The second-order valence-corrected chi connectivity index (χ2v) is 7.85. The number of aryl methyl sites for hydroxylation is 1. The van der Waals surface area contributed by atoms with Gasteiger partial charge in [-0.2, -0.15) is 0 Å². The van der Waals surface area contributed by atoms with Crippen LogP contribution < -0.4 is 9.47 Å². The molecule has 0 bridgehead atoms. The van der Waals surface area contributed by atoms with Crippen LogP contribution in [0.25, 0.3) is 11.1 Å². The molecule has 1 N–H and O–H groups in total. The minimum atomic E-state index is -0.812. The van der Waals surface area contributed by atoms with E-state index in [1.807, 2.05) is 30.3 Å². The Morgan fingerprint density at radius 3 is 2.81 bits per heavy atom. The molecule has 0 aliphatic carbocycles. The van der Waals surface area contributed by atoms with Crippen molar-refractivity contribution in [2.75, 3.05) is 7.11 Å². The molecule has 0 fully saturated rings. The summed E-state index contributed by atoms with van der Waals surface area (Å²) in [6.45, 7) is 1.70. The third-order valence-corrected chi connectivity index (χ3v) is 5.64. The molecule has 3 aromatic rings. The Kier molecular flexibility index (Phi) is 5.89. The minimum absolute atomic E-state index is 0.205. The second-order valence-electron chi connectivity index (χ2n) is 7.85. The van der Waals surface area contributed by atoms with Crippen LogP contribution in [0.2, 0.25) is 0 Å². The first-order valence-corrected chi connectivity index (χ1v) is 10.3. The number of benzene rings is 2. The Balaban J connectivity index is 1.52. The largest absolute Gasteiger partial charge is 0.497 e. The van der Waals surface area contributed by atoms with Gasteiger partial charge in [0.25, 0.3) is 0 Å². The Labute approximate surface area is 180 Å². The summed E-state index contributed by atoms with van der Waals surface area (Å²) in [6, 6.07) is 14.2. The first-order chi connectivity index (χ1) is 14.9. The number of ether oxygens (including phenoxy) is 2. The molecule has 31 heavy (non-hydrogen) atoms. The molecule has 0 saturated heterocycles. The summed E-state index contributed by atoms with van der Waals surface area (Å²) in [4.78, 5) is 15.7. The molecule has 1 aliphatic heterocycles. The number of carbonyl (C=O) groups is 1. The van der Waals surface area contributed by atoms with Gasteiger partial charge in [-0.05, 0) is 60.7 Å². The van der Waals surface area contributed by atoms with Gasteiger partial charge in [-0.25, -0.2) is 4.39 Å². The van der Waals surface area contributed by atoms with Crippen LogP contribution >= 0.6 is 0 Å². The number of nitrogens with zero attached hydrogens (tertiary/aromatic N) is 1. The topological polar surface area (TPSA) is 68.7 Å². The van der Waals surface area contributed by atoms with Gasteiger partial charge in [0.1, 0.15) is 23.4 Å². The van der Waals surface area contributed by atoms with Gasteiger partial charge in [-0.3, -0.25) is 9.78 Å². The molecule has 0 amide bonds. The Morgan fingerprint density at radius 1 is 1.26 bits per heavy atom. The van der Waals surface area contributed by atoms with Gasteiger partial charge >= 0.3 is 5.97 Å². The predicted octanol–water partition coefficient (Wildman–Crippen LogP) is 5.23. The number of halogens is 1. The van der Waals surface area contributed by atoms with E-state index in [2.05, 4.69) is 4.98 Å². The van der Waals surface area contributed by atoms with E-state index in [1.54, 1.807) is 32.4 Å². The molecule has 0 saturated carbocycles. The smallest absolute Gasteiger partial charge is 0.306 e. The molecular weight excluding hydrogens is 397 g/mol. The highest BCUT2D eigenvalue weighted by atomic mass is 19.1. The van der Waals surface area contributed by atoms with Crippen molar-refractivity contribution in [1.29, 1.82) is 0 Å². The van der Waals surface area contributed by atoms with Crippen LogP contribution in [-0.4, -0.2) is 23.2 Å². The van der Waals surface area contributed by atoms with Crippen molar-refractivity contribution >= 4 is 5.97 Å². The normalized spacial score (nSPS) is 16.2. The van der Waals surface area contributed by atoms with E-state index in [4.69, 9.17) is 14.6 Å². The molecule has 0 radical (unpaired) electrons. The maximum atomic E-state index is 14.2. The fraction of sp³-hybridized carbons (Fsp3) is 0.280. The molecule has 5 nitrogen and oxygen atoms in total. The lowest BCUT2D eigenvalue weighted by Gasteiger charge is -2.26. The van der Waals surface area contributed by atoms with E-state index in [0.717, 1.165) is 35.4 Å². The van der Waals surface area contributed by atoms with Crippen molar-refractivity contribution in [3.8, 4) is 22.6 Å². The SMILES string of the molecule is COc1ccc(F)c(-c2ccc(C3CCc4ccc(CC(C)C(=O)O)cc4O3)nc2)c1. The van der Waals surface area contributed by atoms with Crippen LogP contribution in [0.1, 0.15) is 36.3 Å². The standard InChI is InChI=1S/C25H24FNO4/c1-15(25(28)29)11-16-3-4-17-6-10-23(31-24(17)12-16)22-9-5-18(14-27-22)20-13-19(30-2)7-8-21(20)26/h3-5,7-9,12-15,23H,6,10-11H2,1-2H3,(H,28,29). The zero-order valence-corrected chi connectivity index (χ0v) is 17.5. The monoisotopic (exact) mass is 421 g/mol. The van der Waals surface area contributed by atoms with Crippen molar-refractivity contribution in [2.24, 2.45) is 5.92 Å². The predicted molar refractivity (Wildman–Crippen MR) is 115 cm³/mol. The Morgan fingerprint density at radius 2 is 2.10 bits per heavy atom. The molecule has 1 aromatic heterocycles. The van der Waals surface area contributed by atoms with Gasteiger partial charge in [0.2, 0.25) is 0 Å². The molecular formula is C25H24FNO4. The average molecular weight is 421 g/mol. The number of hydrogen-bond donors (Lipinski definition) is 1. The first kappa shape index (κ1) is 20.8. The quantitative estimate of drug-likeness (QED) is 0.591. The lowest BCUT2D eigenvalue weighted by molar-refractivity contribution is -0.141. The molecule has 4 rings (SSSR count). The summed E-state index contributed by atoms with van der Waals surface area (Å²) in [5, 5.41) is 9.15. The highest BCUT2D eigenvalue weighted by Gasteiger charge is 2.23. The molecule has 2 unspecified atom stereocenters. The van der Waals surface area contributed by atoms with Gasteiger partial charge in [0, 0.05) is 17.3 Å². The van der Waals surface area contributed by atoms with Crippen LogP contribution in [0.3, 0.4) is 0 Å². The fourth-order valence-electron chi connectivity index (χ4n) is 3.80. The lowest BCUT2D eigenvalue weighted by Crippen LogP contribution is -2.17. The summed E-state index contributed by atoms with van der Waals surface area (Å²) in [5.74, 6) is -0.241. The fourth-order valence-corrected chi connectivity index (χ4v) is 3.80. The van der Waals surface area contributed by atoms with Crippen LogP contribution in [0.15, 0.2) is 54.7 Å². The number of fused-ring (bicyclic) bond motifs is 1. The van der Waals surface area contributed by atoms with Gasteiger partial charge in [0.15, 0.2) is 0 Å². The lowest BCUT2D eigenvalue weighted by atomic mass is 9.95. The number of hydrogen-bond acceptors (Lipinski definition) is 4. The van der Waals surface area contributed by atoms with E-state index >= 15 is 0 Å². The summed E-state index contributed by atoms with van der Waals surface area (Å²) >= 11 is 0. The first-order valence-electron chi connectivity index (χ1n) is 10.3. The second kappa shape index (κ2) is 8.76. The summed E-state index contributed by atoms with van der Waals surface area (Å²) < 4.78 is 25.6. The molecule has 6 heteroatoms. The number of carboxylic acid groups (broad SMARTS) is 1. The highest BCUT2D eigenvalue weighted by Crippen LogP contribution is 2.36. The van der Waals surface area contributed by atoms with Gasteiger partial charge < -0.3 is 14.6 Å². The molecule has 2 atom stereocenters. The Bertz CT molecular complexity index is 1100. The van der Waals surface area contributed by atoms with Crippen LogP contribution in [0.5, 0.6) is 11.5 Å². The molecule has 160 valence electrons. The number of rotatable bonds is 6. The minimum Gasteiger partial charge on any atom is -0.497 e. The summed E-state index contributed by atoms with van der Waals surface area (Å²) in [7, 11) is 1.55. The Hall–Kier alpha value is -3.41. The number of aromatic nitrogens is 1. The van der Waals surface area contributed by atoms with E-state index < -0.39 is 11.9 Å². The third-order valence-electron chi connectivity index (χ3n) is 5.64. The van der Waals surface area contributed by atoms with Gasteiger partial charge in [-0.15, -0.1) is 0 Å². The molecule has 2 heterocycles. The number of methoxy groups -OCH3 is 1. The van der Waals surface area contributed by atoms with Gasteiger partial charge in [-0.1, -0.05) is 25.1 Å². The maximum Gasteiger partial charge on any atom is 0.306 e. The van der Waals surface area contributed by atoms with E-state index in [0.29, 0.717) is 23.3 Å². The average Bonchev–Trinajstić information content (AvgIpc) is 2.79. The zero-order valence-electron chi connectivity index (χ0n) is 17.5. The van der Waals surface area contributed by atoms with Crippen molar-refractivity contribution in [3.05, 3.63) is 77.4 Å². The highest BCUT2D eigenvalue weighted by molar-refractivity contribution is 5.70. The van der Waals surface area contributed by atoms with Crippen LogP contribution in [0, 0.1) is 11.7 Å². The number of carboxylic acids is 1. The molecule has 2 aromatic carbocycles. The zero-order chi connectivity index (χ0) is 22.0. The maximum absolute atomic E-state index is 14.2. The van der Waals surface area contributed by atoms with E-state index in [1.165, 1.54) is 6.07 Å². The van der Waals surface area contributed by atoms with Crippen molar-refractivity contribution in [1.82, 2.24) is 4.98 Å². The van der Waals surface area contributed by atoms with Crippen molar-refractivity contribution < 1.29 is 23.8 Å². The van der Waals surface area contributed by atoms with E-state index in [-0.39, 0.29) is 11.9 Å². The molecule has 1 aliphatic rings. The van der Waals surface area contributed by atoms with Gasteiger partial charge in [0.05, 0.1) is 18.7 Å². The third kappa shape index (κ3) is 4.53.